The van der Waals surface area contributed by atoms with Crippen molar-refractivity contribution in [2.45, 2.75) is 19.4 Å². The summed E-state index contributed by atoms with van der Waals surface area (Å²) in [5.74, 6) is -0.199. The van der Waals surface area contributed by atoms with Crippen LogP contribution in [-0.2, 0) is 4.79 Å². The lowest BCUT2D eigenvalue weighted by atomic mass is 10.1. The van der Waals surface area contributed by atoms with Crippen molar-refractivity contribution >= 4 is 17.2 Å². The van der Waals surface area contributed by atoms with E-state index in [1.165, 1.54) is 10.4 Å². The van der Waals surface area contributed by atoms with Gasteiger partial charge < -0.3 is 11.5 Å². The molecule has 2 rings (SSSR count). The predicted molar refractivity (Wildman–Crippen MR) is 69.7 cm³/mol. The van der Waals surface area contributed by atoms with Crippen LogP contribution in [0.15, 0.2) is 11.4 Å². The zero-order chi connectivity index (χ0) is 12.4. The van der Waals surface area contributed by atoms with E-state index in [-0.39, 0.29) is 17.9 Å². The molecule has 0 spiro atoms. The molecule has 0 aromatic carbocycles. The van der Waals surface area contributed by atoms with Crippen LogP contribution in [0.1, 0.15) is 22.9 Å². The molecule has 0 bridgehead atoms. The molecule has 5 heteroatoms. The number of primary amides is 1. The second-order valence-electron chi connectivity index (χ2n) is 4.60. The first-order valence-electron chi connectivity index (χ1n) is 5.91. The van der Waals surface area contributed by atoms with E-state index in [9.17, 15) is 4.79 Å². The third-order valence-corrected chi connectivity index (χ3v) is 4.61. The molecule has 4 nitrogen and oxygen atoms in total. The first-order chi connectivity index (χ1) is 8.13. The van der Waals surface area contributed by atoms with Gasteiger partial charge in [0.25, 0.3) is 0 Å². The second kappa shape index (κ2) is 5.16. The van der Waals surface area contributed by atoms with Crippen molar-refractivity contribution in [3.05, 3.63) is 21.9 Å². The molecule has 2 heterocycles. The number of thiophene rings is 1. The lowest BCUT2D eigenvalue weighted by molar-refractivity contribution is -0.121. The Morgan fingerprint density at radius 1 is 1.71 bits per heavy atom. The van der Waals surface area contributed by atoms with Gasteiger partial charge in [-0.05, 0) is 36.9 Å². The monoisotopic (exact) mass is 253 g/mol. The summed E-state index contributed by atoms with van der Waals surface area (Å²) in [6, 6.07) is 2.35. The summed E-state index contributed by atoms with van der Waals surface area (Å²) in [4.78, 5) is 14.8. The van der Waals surface area contributed by atoms with E-state index in [0.29, 0.717) is 6.54 Å². The van der Waals surface area contributed by atoms with Gasteiger partial charge in [0.15, 0.2) is 0 Å². The van der Waals surface area contributed by atoms with E-state index in [4.69, 9.17) is 11.5 Å². The zero-order valence-corrected chi connectivity index (χ0v) is 10.9. The van der Waals surface area contributed by atoms with Crippen LogP contribution < -0.4 is 11.5 Å². The van der Waals surface area contributed by atoms with Gasteiger partial charge in [-0.15, -0.1) is 11.3 Å². The van der Waals surface area contributed by atoms with Gasteiger partial charge >= 0.3 is 0 Å². The third-order valence-electron chi connectivity index (χ3n) is 3.49. The van der Waals surface area contributed by atoms with Gasteiger partial charge in [0.05, 0.1) is 12.0 Å². The van der Waals surface area contributed by atoms with Crippen molar-refractivity contribution in [1.29, 1.82) is 0 Å². The van der Waals surface area contributed by atoms with Gasteiger partial charge in [-0.1, -0.05) is 0 Å². The molecule has 1 saturated heterocycles. The highest BCUT2D eigenvalue weighted by Gasteiger charge is 2.32. The molecular weight excluding hydrogens is 234 g/mol. The predicted octanol–water partition coefficient (Wildman–Crippen LogP) is 0.864. The molecular formula is C12H19N3OS. The number of amides is 1. The number of rotatable bonds is 4. The fraction of sp³-hybridized carbons (Fsp3) is 0.583. The van der Waals surface area contributed by atoms with E-state index >= 15 is 0 Å². The minimum Gasteiger partial charge on any atom is -0.369 e. The summed E-state index contributed by atoms with van der Waals surface area (Å²) in [6.45, 7) is 4.35. The Hall–Kier alpha value is -0.910. The van der Waals surface area contributed by atoms with Crippen molar-refractivity contribution < 1.29 is 4.79 Å². The third kappa shape index (κ3) is 2.51. The highest BCUT2D eigenvalue weighted by Crippen LogP contribution is 2.31. The molecule has 1 aromatic rings. The normalized spacial score (nSPS) is 22.8. The van der Waals surface area contributed by atoms with Crippen LogP contribution in [0.3, 0.4) is 0 Å². The number of likely N-dealkylation sites (tertiary alicyclic amines) is 1. The van der Waals surface area contributed by atoms with Crippen LogP contribution in [0.25, 0.3) is 0 Å². The highest BCUT2D eigenvalue weighted by atomic mass is 32.1. The summed E-state index contributed by atoms with van der Waals surface area (Å²) in [6.07, 6.45) is 0.857. The summed E-state index contributed by atoms with van der Waals surface area (Å²) >= 11 is 1.74. The van der Waals surface area contributed by atoms with E-state index < -0.39 is 0 Å². The Morgan fingerprint density at radius 2 is 2.47 bits per heavy atom. The smallest absolute Gasteiger partial charge is 0.221 e. The van der Waals surface area contributed by atoms with Gasteiger partial charge in [-0.3, -0.25) is 9.69 Å². The number of hydrogen-bond donors (Lipinski definition) is 2. The fourth-order valence-electron chi connectivity index (χ4n) is 2.45. The molecule has 1 aliphatic heterocycles. The minimum atomic E-state index is -0.189. The van der Waals surface area contributed by atoms with Crippen molar-refractivity contribution in [3.63, 3.8) is 0 Å². The van der Waals surface area contributed by atoms with Crippen molar-refractivity contribution in [3.8, 4) is 0 Å². The molecule has 0 aliphatic carbocycles. The summed E-state index contributed by atoms with van der Waals surface area (Å²) in [5, 5.41) is 2.09. The van der Waals surface area contributed by atoms with Crippen LogP contribution in [0, 0.1) is 12.8 Å². The van der Waals surface area contributed by atoms with E-state index in [1.54, 1.807) is 11.3 Å². The number of hydrogen-bond acceptors (Lipinski definition) is 4. The maximum absolute atomic E-state index is 11.2. The van der Waals surface area contributed by atoms with Crippen LogP contribution in [0.2, 0.25) is 0 Å². The number of nitrogens with zero attached hydrogens (tertiary/aromatic N) is 1. The zero-order valence-electron chi connectivity index (χ0n) is 10.1. The fourth-order valence-corrected chi connectivity index (χ4v) is 3.53. The molecule has 1 fully saturated rings. The number of nitrogens with two attached hydrogens (primary N) is 2. The molecule has 1 aromatic heterocycles. The van der Waals surface area contributed by atoms with Crippen LogP contribution >= 0.6 is 11.3 Å². The molecule has 94 valence electrons. The SMILES string of the molecule is Cc1ccsc1C(CN)N1CCC(C(N)=O)C1. The maximum atomic E-state index is 11.2. The summed E-state index contributed by atoms with van der Waals surface area (Å²) in [5.41, 5.74) is 12.5. The first kappa shape index (κ1) is 12.5. The van der Waals surface area contributed by atoms with Gasteiger partial charge in [0.1, 0.15) is 0 Å². The quantitative estimate of drug-likeness (QED) is 0.836. The Morgan fingerprint density at radius 3 is 2.94 bits per heavy atom. The summed E-state index contributed by atoms with van der Waals surface area (Å²) < 4.78 is 0. The van der Waals surface area contributed by atoms with Crippen molar-refractivity contribution in [2.75, 3.05) is 19.6 Å². The van der Waals surface area contributed by atoms with Crippen LogP contribution in [0.5, 0.6) is 0 Å². The lowest BCUT2D eigenvalue weighted by Gasteiger charge is -2.26. The topological polar surface area (TPSA) is 72.3 Å². The van der Waals surface area contributed by atoms with E-state index in [0.717, 1.165) is 19.5 Å². The lowest BCUT2D eigenvalue weighted by Crippen LogP contribution is -2.33. The Balaban J connectivity index is 2.11. The Kier molecular flexibility index (Phi) is 3.81. The van der Waals surface area contributed by atoms with E-state index in [2.05, 4.69) is 23.3 Å². The largest absolute Gasteiger partial charge is 0.369 e. The van der Waals surface area contributed by atoms with Gasteiger partial charge in [-0.2, -0.15) is 0 Å². The van der Waals surface area contributed by atoms with E-state index in [1.807, 2.05) is 0 Å². The van der Waals surface area contributed by atoms with Gasteiger partial charge in [-0.25, -0.2) is 0 Å². The average molecular weight is 253 g/mol. The first-order valence-corrected chi connectivity index (χ1v) is 6.79. The minimum absolute atomic E-state index is 0.00989. The molecule has 2 unspecified atom stereocenters. The molecule has 0 radical (unpaired) electrons. The van der Waals surface area contributed by atoms with Crippen molar-refractivity contribution in [1.82, 2.24) is 4.90 Å². The molecule has 1 aliphatic rings. The van der Waals surface area contributed by atoms with Gasteiger partial charge in [0.2, 0.25) is 5.91 Å². The van der Waals surface area contributed by atoms with Crippen LogP contribution in [-0.4, -0.2) is 30.4 Å². The van der Waals surface area contributed by atoms with Gasteiger partial charge in [0, 0.05) is 18.0 Å². The molecule has 17 heavy (non-hydrogen) atoms. The standard InChI is InChI=1S/C12H19N3OS/c1-8-3-5-17-11(8)10(6-13)15-4-2-9(7-15)12(14)16/h3,5,9-10H,2,4,6-7,13H2,1H3,(H2,14,16). The number of aryl methyl sites for hydroxylation is 1. The Labute approximate surface area is 106 Å². The average Bonchev–Trinajstić information content (AvgIpc) is 2.90. The maximum Gasteiger partial charge on any atom is 0.221 e. The second-order valence-corrected chi connectivity index (χ2v) is 5.55. The van der Waals surface area contributed by atoms with Crippen molar-refractivity contribution in [2.24, 2.45) is 17.4 Å². The summed E-state index contributed by atoms with van der Waals surface area (Å²) in [7, 11) is 0. The molecule has 2 atom stereocenters. The number of carbonyl (C=O) groups excluding carboxylic acids is 1. The number of carbonyl (C=O) groups is 1. The highest BCUT2D eigenvalue weighted by molar-refractivity contribution is 7.10. The van der Waals surface area contributed by atoms with Crippen LogP contribution in [0.4, 0.5) is 0 Å². The Bertz CT molecular complexity index is 404. The molecule has 1 amide bonds. The molecule has 4 N–H and O–H groups in total. The molecule has 0 saturated carbocycles.